The van der Waals surface area contributed by atoms with Crippen LogP contribution in [0.2, 0.25) is 0 Å². The largest absolute Gasteiger partial charge is 0.444 e. The van der Waals surface area contributed by atoms with Gasteiger partial charge in [0.15, 0.2) is 5.96 Å². The molecule has 0 aliphatic carbocycles. The molecule has 1 rings (SSSR count). The number of aromatic nitrogens is 1. The molecule has 1 aromatic heterocycles. The van der Waals surface area contributed by atoms with E-state index in [9.17, 15) is 4.79 Å². The minimum atomic E-state index is -0.521. The third-order valence-corrected chi connectivity index (χ3v) is 3.88. The van der Waals surface area contributed by atoms with E-state index in [1.165, 1.54) is 0 Å². The Morgan fingerprint density at radius 1 is 1.20 bits per heavy atom. The van der Waals surface area contributed by atoms with Crippen molar-refractivity contribution in [3.63, 3.8) is 0 Å². The van der Waals surface area contributed by atoms with Gasteiger partial charge in [-0.1, -0.05) is 34.1 Å². The number of nitrogens with one attached hydrogen (secondary N) is 3. The fourth-order valence-electron chi connectivity index (χ4n) is 2.49. The van der Waals surface area contributed by atoms with Gasteiger partial charge in [0.25, 0.3) is 0 Å². The summed E-state index contributed by atoms with van der Waals surface area (Å²) in [6.07, 6.45) is 3.13. The van der Waals surface area contributed by atoms with Crippen LogP contribution in [0.15, 0.2) is 15.6 Å². The average molecular weight is 537 g/mol. The van der Waals surface area contributed by atoms with E-state index in [1.54, 1.807) is 6.20 Å². The van der Waals surface area contributed by atoms with Crippen molar-refractivity contribution < 1.29 is 13.9 Å². The van der Waals surface area contributed by atoms with Crippen molar-refractivity contribution in [2.24, 2.45) is 4.99 Å². The zero-order valence-electron chi connectivity index (χ0n) is 19.7. The number of aliphatic imine (C=N–C) groups is 1. The number of amides is 1. The number of hydrogen-bond donors (Lipinski definition) is 3. The van der Waals surface area contributed by atoms with Crippen LogP contribution in [0.1, 0.15) is 79.9 Å². The number of oxazole rings is 1. The Morgan fingerprint density at radius 3 is 2.37 bits per heavy atom. The van der Waals surface area contributed by atoms with E-state index < -0.39 is 11.7 Å². The van der Waals surface area contributed by atoms with E-state index in [1.807, 2.05) is 27.7 Å². The summed E-state index contributed by atoms with van der Waals surface area (Å²) in [6, 6.07) is -0.0621. The number of carbonyl (C=O) groups is 1. The standard InChI is InChI=1S/C21H39N5O3.HI/c1-9-11-15(26-19(27)29-21(6,7)8)12-24-18(22-10-2)25-14-17-23-13-16(28-17)20(3,4)5;/h13,15H,9-12,14H2,1-8H3,(H,26,27)(H2,22,24,25);1H. The van der Waals surface area contributed by atoms with E-state index in [-0.39, 0.29) is 35.4 Å². The lowest BCUT2D eigenvalue weighted by molar-refractivity contribution is 0.0502. The van der Waals surface area contributed by atoms with Gasteiger partial charge in [0.05, 0.1) is 6.20 Å². The monoisotopic (exact) mass is 537 g/mol. The van der Waals surface area contributed by atoms with Gasteiger partial charge in [-0.05, 0) is 34.1 Å². The number of rotatable bonds is 8. The van der Waals surface area contributed by atoms with Crippen molar-refractivity contribution in [3.8, 4) is 0 Å². The molecule has 174 valence electrons. The molecule has 0 aliphatic rings. The molecule has 1 unspecified atom stereocenters. The second kappa shape index (κ2) is 13.0. The fraction of sp³-hybridized carbons (Fsp3) is 0.762. The third kappa shape index (κ3) is 11.6. The maximum atomic E-state index is 12.1. The molecule has 0 saturated carbocycles. The first-order valence-corrected chi connectivity index (χ1v) is 10.4. The summed E-state index contributed by atoms with van der Waals surface area (Å²) in [4.78, 5) is 20.9. The molecule has 9 heteroatoms. The van der Waals surface area contributed by atoms with Crippen LogP contribution in [0, 0.1) is 0 Å². The summed E-state index contributed by atoms with van der Waals surface area (Å²) < 4.78 is 11.2. The van der Waals surface area contributed by atoms with Crippen molar-refractivity contribution in [2.45, 2.75) is 91.8 Å². The second-order valence-electron chi connectivity index (χ2n) is 9.08. The second-order valence-corrected chi connectivity index (χ2v) is 9.08. The minimum Gasteiger partial charge on any atom is -0.444 e. The lowest BCUT2D eigenvalue weighted by Gasteiger charge is -2.24. The van der Waals surface area contributed by atoms with Crippen molar-refractivity contribution in [1.29, 1.82) is 0 Å². The van der Waals surface area contributed by atoms with Crippen LogP contribution in [-0.2, 0) is 16.7 Å². The Kier molecular flexibility index (Phi) is 12.4. The fourth-order valence-corrected chi connectivity index (χ4v) is 2.49. The van der Waals surface area contributed by atoms with Crippen LogP contribution in [0.4, 0.5) is 4.79 Å². The number of guanidine groups is 1. The summed E-state index contributed by atoms with van der Waals surface area (Å²) in [5.41, 5.74) is -0.606. The Hall–Kier alpha value is -1.52. The minimum absolute atomic E-state index is 0. The first-order valence-electron chi connectivity index (χ1n) is 10.4. The van der Waals surface area contributed by atoms with Crippen LogP contribution in [0.25, 0.3) is 0 Å². The topological polar surface area (TPSA) is 101 Å². The molecule has 3 N–H and O–H groups in total. The van der Waals surface area contributed by atoms with Gasteiger partial charge >= 0.3 is 6.09 Å². The highest BCUT2D eigenvalue weighted by Gasteiger charge is 2.20. The molecule has 0 bridgehead atoms. The molecule has 1 atom stereocenters. The van der Waals surface area contributed by atoms with E-state index in [0.29, 0.717) is 24.9 Å². The highest BCUT2D eigenvalue weighted by atomic mass is 127. The zero-order chi connectivity index (χ0) is 22.1. The smallest absolute Gasteiger partial charge is 0.407 e. The van der Waals surface area contributed by atoms with E-state index >= 15 is 0 Å². The third-order valence-electron chi connectivity index (χ3n) is 3.88. The molecule has 0 aliphatic heterocycles. The number of hydrogen-bond acceptors (Lipinski definition) is 5. The summed E-state index contributed by atoms with van der Waals surface area (Å²) in [7, 11) is 0. The van der Waals surface area contributed by atoms with Crippen molar-refractivity contribution in [3.05, 3.63) is 17.8 Å². The normalized spacial score (nSPS) is 13.3. The maximum Gasteiger partial charge on any atom is 0.407 e. The van der Waals surface area contributed by atoms with Crippen molar-refractivity contribution in [2.75, 3.05) is 13.1 Å². The van der Waals surface area contributed by atoms with Gasteiger partial charge in [-0.15, -0.1) is 24.0 Å². The Bertz CT molecular complexity index is 662. The van der Waals surface area contributed by atoms with Gasteiger partial charge in [-0.3, -0.25) is 0 Å². The van der Waals surface area contributed by atoms with Gasteiger partial charge in [-0.2, -0.15) is 0 Å². The lowest BCUT2D eigenvalue weighted by Crippen LogP contribution is -2.48. The van der Waals surface area contributed by atoms with Gasteiger partial charge in [0, 0.05) is 24.5 Å². The molecule has 0 fully saturated rings. The number of alkyl carbamates (subject to hydrolysis) is 1. The molecular formula is C21H40IN5O3. The molecule has 8 nitrogen and oxygen atoms in total. The maximum absolute atomic E-state index is 12.1. The molecule has 1 heterocycles. The molecule has 1 aromatic rings. The first-order chi connectivity index (χ1) is 13.4. The summed E-state index contributed by atoms with van der Waals surface area (Å²) in [6.45, 7) is 17.5. The van der Waals surface area contributed by atoms with E-state index in [4.69, 9.17) is 9.15 Å². The number of nitrogens with zero attached hydrogens (tertiary/aromatic N) is 2. The Balaban J connectivity index is 0.00000841. The lowest BCUT2D eigenvalue weighted by atomic mass is 9.94. The number of ether oxygens (including phenoxy) is 1. The molecule has 0 aromatic carbocycles. The SMILES string of the molecule is CCCC(CNC(=NCc1ncc(C(C)(C)C)o1)NCC)NC(=O)OC(C)(C)C.I. The van der Waals surface area contributed by atoms with Crippen LogP contribution in [0.3, 0.4) is 0 Å². The Morgan fingerprint density at radius 2 is 1.87 bits per heavy atom. The zero-order valence-corrected chi connectivity index (χ0v) is 22.0. The predicted octanol–water partition coefficient (Wildman–Crippen LogP) is 4.34. The van der Waals surface area contributed by atoms with Gasteiger partial charge < -0.3 is 25.1 Å². The van der Waals surface area contributed by atoms with Crippen molar-refractivity contribution >= 4 is 36.0 Å². The summed E-state index contributed by atoms with van der Waals surface area (Å²) >= 11 is 0. The van der Waals surface area contributed by atoms with Crippen LogP contribution < -0.4 is 16.0 Å². The molecule has 0 radical (unpaired) electrons. The van der Waals surface area contributed by atoms with Crippen LogP contribution in [-0.4, -0.2) is 41.8 Å². The van der Waals surface area contributed by atoms with Gasteiger partial charge in [-0.25, -0.2) is 14.8 Å². The molecular weight excluding hydrogens is 497 g/mol. The predicted molar refractivity (Wildman–Crippen MR) is 132 cm³/mol. The number of carbonyl (C=O) groups excluding carboxylic acids is 1. The summed E-state index contributed by atoms with van der Waals surface area (Å²) in [5.74, 6) is 2.06. The molecule has 0 spiro atoms. The number of halogens is 1. The van der Waals surface area contributed by atoms with E-state index in [0.717, 1.165) is 25.1 Å². The molecule has 30 heavy (non-hydrogen) atoms. The van der Waals surface area contributed by atoms with Crippen LogP contribution >= 0.6 is 24.0 Å². The van der Waals surface area contributed by atoms with Gasteiger partial charge in [0.1, 0.15) is 17.9 Å². The highest BCUT2D eigenvalue weighted by molar-refractivity contribution is 14.0. The summed E-state index contributed by atoms with van der Waals surface area (Å²) in [5, 5.41) is 9.41. The first kappa shape index (κ1) is 28.5. The van der Waals surface area contributed by atoms with Crippen molar-refractivity contribution in [1.82, 2.24) is 20.9 Å². The average Bonchev–Trinajstić information content (AvgIpc) is 3.05. The van der Waals surface area contributed by atoms with E-state index in [2.05, 4.69) is 53.6 Å². The molecule has 0 saturated heterocycles. The Labute approximate surface area is 198 Å². The molecule has 1 amide bonds. The van der Waals surface area contributed by atoms with Gasteiger partial charge in [0.2, 0.25) is 5.89 Å². The van der Waals surface area contributed by atoms with Crippen LogP contribution in [0.5, 0.6) is 0 Å². The highest BCUT2D eigenvalue weighted by Crippen LogP contribution is 2.22. The quantitative estimate of drug-likeness (QED) is 0.259.